The number of nitrogens with one attached hydrogen (secondary N) is 2. The van der Waals surface area contributed by atoms with Crippen LogP contribution in [0.15, 0.2) is 6.20 Å². The number of likely N-dealkylation sites (tertiary alicyclic amines) is 1. The van der Waals surface area contributed by atoms with E-state index in [1.807, 2.05) is 11.8 Å². The topological polar surface area (TPSA) is 74.3 Å². The molecule has 7 heteroatoms. The predicted molar refractivity (Wildman–Crippen MR) is 79.0 cm³/mol. The molecule has 20 heavy (non-hydrogen) atoms. The Kier molecular flexibility index (Phi) is 5.34. The van der Waals surface area contributed by atoms with E-state index < -0.39 is 0 Å². The summed E-state index contributed by atoms with van der Waals surface area (Å²) in [6.45, 7) is 4.94. The lowest BCUT2D eigenvalue weighted by atomic mass is 10.3. The highest BCUT2D eigenvalue weighted by molar-refractivity contribution is 7.17. The number of aromatic nitrogens is 1. The van der Waals surface area contributed by atoms with E-state index in [4.69, 9.17) is 0 Å². The van der Waals surface area contributed by atoms with E-state index in [0.717, 1.165) is 37.6 Å². The molecule has 2 amide bonds. The van der Waals surface area contributed by atoms with Crippen LogP contribution in [0.1, 0.15) is 35.9 Å². The average molecular weight is 296 g/mol. The van der Waals surface area contributed by atoms with Crippen molar-refractivity contribution in [2.75, 3.05) is 31.5 Å². The standard InChI is InChI=1S/C13H20N4O2S/c1-2-14-13-16-9-10(20-13)12(19)15-6-4-8-17-7-3-5-11(17)18/h9H,2-8H2,1H3,(H,14,16)(H,15,19). The van der Waals surface area contributed by atoms with Gasteiger partial charge in [0, 0.05) is 32.6 Å². The maximum atomic E-state index is 11.9. The zero-order valence-electron chi connectivity index (χ0n) is 11.6. The number of amides is 2. The molecule has 0 bridgehead atoms. The van der Waals surface area contributed by atoms with Crippen molar-refractivity contribution in [3.63, 3.8) is 0 Å². The van der Waals surface area contributed by atoms with Gasteiger partial charge in [0.1, 0.15) is 4.88 Å². The Labute approximate surface area is 122 Å². The summed E-state index contributed by atoms with van der Waals surface area (Å²) in [5, 5.41) is 6.70. The number of rotatable bonds is 7. The molecule has 1 aliphatic heterocycles. The molecule has 2 rings (SSSR count). The maximum Gasteiger partial charge on any atom is 0.263 e. The minimum atomic E-state index is -0.0978. The van der Waals surface area contributed by atoms with Crippen LogP contribution in [0.3, 0.4) is 0 Å². The third kappa shape index (κ3) is 3.93. The Morgan fingerprint density at radius 1 is 1.55 bits per heavy atom. The van der Waals surface area contributed by atoms with Gasteiger partial charge in [0.25, 0.3) is 5.91 Å². The lowest BCUT2D eigenvalue weighted by molar-refractivity contribution is -0.127. The van der Waals surface area contributed by atoms with Gasteiger partial charge in [0.2, 0.25) is 5.91 Å². The van der Waals surface area contributed by atoms with Crippen molar-refractivity contribution in [2.45, 2.75) is 26.2 Å². The minimum absolute atomic E-state index is 0.0978. The van der Waals surface area contributed by atoms with Gasteiger partial charge in [-0.3, -0.25) is 9.59 Å². The fourth-order valence-electron chi connectivity index (χ4n) is 2.11. The number of anilines is 1. The van der Waals surface area contributed by atoms with Crippen LogP contribution < -0.4 is 10.6 Å². The highest BCUT2D eigenvalue weighted by atomic mass is 32.1. The summed E-state index contributed by atoms with van der Waals surface area (Å²) in [7, 11) is 0. The van der Waals surface area contributed by atoms with E-state index in [-0.39, 0.29) is 11.8 Å². The molecule has 0 radical (unpaired) electrons. The van der Waals surface area contributed by atoms with Gasteiger partial charge in [-0.2, -0.15) is 0 Å². The Bertz CT molecular complexity index is 475. The molecule has 0 aromatic carbocycles. The average Bonchev–Trinajstić information content (AvgIpc) is 3.05. The SMILES string of the molecule is CCNc1ncc(C(=O)NCCCN2CCCC2=O)s1. The summed E-state index contributed by atoms with van der Waals surface area (Å²) < 4.78 is 0. The van der Waals surface area contributed by atoms with Crippen molar-refractivity contribution in [3.8, 4) is 0 Å². The normalized spacial score (nSPS) is 14.7. The number of nitrogens with zero attached hydrogens (tertiary/aromatic N) is 2. The zero-order chi connectivity index (χ0) is 14.4. The molecule has 0 atom stereocenters. The molecule has 2 heterocycles. The zero-order valence-corrected chi connectivity index (χ0v) is 12.5. The minimum Gasteiger partial charge on any atom is -0.362 e. The van der Waals surface area contributed by atoms with Crippen molar-refractivity contribution < 1.29 is 9.59 Å². The van der Waals surface area contributed by atoms with E-state index in [9.17, 15) is 9.59 Å². The summed E-state index contributed by atoms with van der Waals surface area (Å²) >= 11 is 1.35. The fourth-order valence-corrected chi connectivity index (χ4v) is 2.91. The Morgan fingerprint density at radius 2 is 2.40 bits per heavy atom. The fraction of sp³-hybridized carbons (Fsp3) is 0.615. The Hall–Kier alpha value is -1.63. The lowest BCUT2D eigenvalue weighted by Crippen LogP contribution is -2.30. The largest absolute Gasteiger partial charge is 0.362 e. The van der Waals surface area contributed by atoms with Gasteiger partial charge < -0.3 is 15.5 Å². The van der Waals surface area contributed by atoms with Gasteiger partial charge in [-0.25, -0.2) is 4.98 Å². The first-order chi connectivity index (χ1) is 9.70. The second-order valence-corrected chi connectivity index (χ2v) is 5.68. The third-order valence-corrected chi connectivity index (χ3v) is 4.07. The molecule has 0 saturated carbocycles. The molecule has 1 saturated heterocycles. The molecule has 0 spiro atoms. The molecule has 110 valence electrons. The van der Waals surface area contributed by atoms with E-state index >= 15 is 0 Å². The molecule has 6 nitrogen and oxygen atoms in total. The monoisotopic (exact) mass is 296 g/mol. The van der Waals surface area contributed by atoms with Crippen LogP contribution in [0, 0.1) is 0 Å². The highest BCUT2D eigenvalue weighted by Crippen LogP contribution is 2.17. The molecule has 1 fully saturated rings. The van der Waals surface area contributed by atoms with E-state index in [2.05, 4.69) is 15.6 Å². The second-order valence-electron chi connectivity index (χ2n) is 4.65. The van der Waals surface area contributed by atoms with Crippen LogP contribution in [0.4, 0.5) is 5.13 Å². The molecule has 1 aromatic rings. The first-order valence-electron chi connectivity index (χ1n) is 6.96. The molecule has 0 unspecified atom stereocenters. The highest BCUT2D eigenvalue weighted by Gasteiger charge is 2.19. The van der Waals surface area contributed by atoms with Crippen LogP contribution >= 0.6 is 11.3 Å². The summed E-state index contributed by atoms with van der Waals surface area (Å²) in [6, 6.07) is 0. The molecule has 0 aliphatic carbocycles. The Morgan fingerprint density at radius 3 is 3.10 bits per heavy atom. The van der Waals surface area contributed by atoms with Gasteiger partial charge in [0.15, 0.2) is 5.13 Å². The van der Waals surface area contributed by atoms with Gasteiger partial charge in [0.05, 0.1) is 6.20 Å². The van der Waals surface area contributed by atoms with Gasteiger partial charge in [-0.05, 0) is 19.8 Å². The van der Waals surface area contributed by atoms with E-state index in [0.29, 0.717) is 17.8 Å². The first-order valence-corrected chi connectivity index (χ1v) is 7.78. The van der Waals surface area contributed by atoms with Crippen molar-refractivity contribution in [3.05, 3.63) is 11.1 Å². The summed E-state index contributed by atoms with van der Waals surface area (Å²) in [5.41, 5.74) is 0. The molecule has 1 aromatic heterocycles. The van der Waals surface area contributed by atoms with Crippen molar-refractivity contribution in [1.82, 2.24) is 15.2 Å². The summed E-state index contributed by atoms with van der Waals surface area (Å²) in [4.78, 5) is 29.9. The van der Waals surface area contributed by atoms with Crippen LogP contribution in [-0.4, -0.2) is 47.9 Å². The predicted octanol–water partition coefficient (Wildman–Crippen LogP) is 1.32. The quantitative estimate of drug-likeness (QED) is 0.744. The van der Waals surface area contributed by atoms with Crippen LogP contribution in [-0.2, 0) is 4.79 Å². The molecule has 1 aliphatic rings. The number of carbonyl (C=O) groups excluding carboxylic acids is 2. The third-order valence-electron chi connectivity index (χ3n) is 3.12. The van der Waals surface area contributed by atoms with Crippen molar-refractivity contribution in [1.29, 1.82) is 0 Å². The Balaban J connectivity index is 1.67. The molecular weight excluding hydrogens is 276 g/mol. The van der Waals surface area contributed by atoms with E-state index in [1.165, 1.54) is 11.3 Å². The van der Waals surface area contributed by atoms with Crippen molar-refractivity contribution >= 4 is 28.3 Å². The number of thiazole rings is 1. The van der Waals surface area contributed by atoms with Gasteiger partial charge in [-0.1, -0.05) is 11.3 Å². The summed E-state index contributed by atoms with van der Waals surface area (Å²) in [5.74, 6) is 0.133. The summed E-state index contributed by atoms with van der Waals surface area (Å²) in [6.07, 6.45) is 4.00. The molecular formula is C13H20N4O2S. The number of carbonyl (C=O) groups is 2. The lowest BCUT2D eigenvalue weighted by Gasteiger charge is -2.15. The van der Waals surface area contributed by atoms with Crippen LogP contribution in [0.2, 0.25) is 0 Å². The smallest absolute Gasteiger partial charge is 0.263 e. The molecule has 2 N–H and O–H groups in total. The number of hydrogen-bond donors (Lipinski definition) is 2. The van der Waals surface area contributed by atoms with Gasteiger partial charge in [-0.15, -0.1) is 0 Å². The number of hydrogen-bond acceptors (Lipinski definition) is 5. The second kappa shape index (κ2) is 7.23. The first kappa shape index (κ1) is 14.8. The van der Waals surface area contributed by atoms with Crippen LogP contribution in [0.5, 0.6) is 0 Å². The van der Waals surface area contributed by atoms with E-state index in [1.54, 1.807) is 6.20 Å². The van der Waals surface area contributed by atoms with Gasteiger partial charge >= 0.3 is 0 Å². The maximum absolute atomic E-state index is 11.9. The van der Waals surface area contributed by atoms with Crippen molar-refractivity contribution in [2.24, 2.45) is 0 Å². The van der Waals surface area contributed by atoms with Crippen LogP contribution in [0.25, 0.3) is 0 Å².